The molecule has 2 aromatic heterocycles. The van der Waals surface area contributed by atoms with Crippen LogP contribution in [0.1, 0.15) is 24.3 Å². The van der Waals surface area contributed by atoms with Gasteiger partial charge in [0, 0.05) is 29.1 Å². The van der Waals surface area contributed by atoms with Crippen LogP contribution in [0.2, 0.25) is 0 Å². The summed E-state index contributed by atoms with van der Waals surface area (Å²) in [6.07, 6.45) is 0.832. The average molecular weight is 524 g/mol. The molecule has 1 saturated carbocycles. The van der Waals surface area contributed by atoms with Crippen LogP contribution in [0, 0.1) is 17.5 Å². The highest BCUT2D eigenvalue weighted by molar-refractivity contribution is 7.89. The lowest BCUT2D eigenvalue weighted by molar-refractivity contribution is 0.328. The van der Waals surface area contributed by atoms with Crippen LogP contribution in [0.25, 0.3) is 33.1 Å². The summed E-state index contributed by atoms with van der Waals surface area (Å²) in [7, 11) is -3.85. The summed E-state index contributed by atoms with van der Waals surface area (Å²) < 4.78 is 71.0. The van der Waals surface area contributed by atoms with E-state index in [1.807, 2.05) is 0 Å². The third-order valence-corrected chi connectivity index (χ3v) is 8.39. The van der Waals surface area contributed by atoms with E-state index in [1.54, 1.807) is 24.3 Å². The van der Waals surface area contributed by atoms with E-state index >= 15 is 0 Å². The van der Waals surface area contributed by atoms with Crippen molar-refractivity contribution in [3.8, 4) is 11.3 Å². The Morgan fingerprint density at radius 1 is 0.838 bits per heavy atom. The van der Waals surface area contributed by atoms with Crippen LogP contribution in [0.4, 0.5) is 13.2 Å². The summed E-state index contributed by atoms with van der Waals surface area (Å²) in [4.78, 5) is 17.2. The molecule has 1 aliphatic carbocycles. The maximum Gasteiger partial charge on any atom is 0.248 e. The number of aromatic nitrogens is 2. The molecule has 3 N–H and O–H groups in total. The fourth-order valence-electron chi connectivity index (χ4n) is 5.05. The minimum Gasteiger partial charge on any atom is -0.352 e. The van der Waals surface area contributed by atoms with E-state index in [4.69, 9.17) is 0 Å². The minimum absolute atomic E-state index is 0.0683. The maximum atomic E-state index is 14.6. The van der Waals surface area contributed by atoms with Gasteiger partial charge in [0.25, 0.3) is 0 Å². The molecule has 1 aliphatic rings. The third-order valence-electron chi connectivity index (χ3n) is 6.87. The van der Waals surface area contributed by atoms with E-state index in [0.29, 0.717) is 46.0 Å². The Morgan fingerprint density at radius 2 is 1.59 bits per heavy atom. The monoisotopic (exact) mass is 523 g/mol. The first-order chi connectivity index (χ1) is 17.7. The molecule has 10 heteroatoms. The quantitative estimate of drug-likeness (QED) is 0.291. The second-order valence-corrected chi connectivity index (χ2v) is 11.0. The Labute approximate surface area is 209 Å². The fourth-order valence-corrected chi connectivity index (χ4v) is 6.34. The van der Waals surface area contributed by atoms with Crippen molar-refractivity contribution >= 4 is 31.8 Å². The SMILES string of the molecule is O=c1ccc2cc(S(=O)(=O)NC3CC(c4c(-c5ccc(F)cc5)[nH]c5c(F)cc(F)cc45)C3)ccc2[nH]1. The van der Waals surface area contributed by atoms with Crippen LogP contribution in [0.3, 0.4) is 0 Å². The standard InChI is InChI=1S/C27H20F3N3O3S/c28-17-4-1-14(2-5-17)26-25(21-12-18(29)13-22(30)27(21)32-26)16-9-19(10-16)33-37(35,36)20-6-7-23-15(11-20)3-8-24(34)31-23/h1-8,11-13,16,19,32-33H,9-10H2,(H,31,34). The zero-order valence-electron chi connectivity index (χ0n) is 19.2. The Balaban J connectivity index is 1.29. The average Bonchev–Trinajstić information content (AvgIpc) is 3.20. The lowest BCUT2D eigenvalue weighted by atomic mass is 9.74. The molecule has 0 atom stereocenters. The number of rotatable bonds is 5. The first-order valence-corrected chi connectivity index (χ1v) is 13.1. The Hall–Kier alpha value is -3.89. The molecule has 0 amide bonds. The number of hydrogen-bond donors (Lipinski definition) is 3. The van der Waals surface area contributed by atoms with E-state index in [0.717, 1.165) is 6.07 Å². The number of benzene rings is 3. The first kappa shape index (κ1) is 23.5. The van der Waals surface area contributed by atoms with Crippen molar-refractivity contribution in [1.29, 1.82) is 0 Å². The van der Waals surface area contributed by atoms with E-state index < -0.39 is 27.5 Å². The summed E-state index contributed by atoms with van der Waals surface area (Å²) in [6.45, 7) is 0. The molecular formula is C27H20F3N3O3S. The molecule has 6 nitrogen and oxygen atoms in total. The summed E-state index contributed by atoms with van der Waals surface area (Å²) in [5.41, 5.74) is 2.24. The molecule has 5 aromatic rings. The van der Waals surface area contributed by atoms with Crippen molar-refractivity contribution in [3.05, 3.63) is 100 Å². The molecule has 3 aromatic carbocycles. The molecule has 0 bridgehead atoms. The Kier molecular flexibility index (Phi) is 5.46. The molecule has 1 fully saturated rings. The lowest BCUT2D eigenvalue weighted by Gasteiger charge is -2.36. The van der Waals surface area contributed by atoms with Crippen LogP contribution in [0.15, 0.2) is 76.4 Å². The second-order valence-electron chi connectivity index (χ2n) is 9.29. The molecule has 188 valence electrons. The van der Waals surface area contributed by atoms with Crippen LogP contribution >= 0.6 is 0 Å². The van der Waals surface area contributed by atoms with Gasteiger partial charge in [-0.3, -0.25) is 4.79 Å². The number of halogens is 3. The molecule has 37 heavy (non-hydrogen) atoms. The van der Waals surface area contributed by atoms with Crippen molar-refractivity contribution < 1.29 is 21.6 Å². The van der Waals surface area contributed by atoms with Crippen LogP contribution in [0.5, 0.6) is 0 Å². The summed E-state index contributed by atoms with van der Waals surface area (Å²) >= 11 is 0. The largest absolute Gasteiger partial charge is 0.352 e. The zero-order chi connectivity index (χ0) is 25.9. The Bertz CT molecular complexity index is 1840. The maximum absolute atomic E-state index is 14.6. The summed E-state index contributed by atoms with van der Waals surface area (Å²) in [5, 5.41) is 0.965. The highest BCUT2D eigenvalue weighted by Gasteiger charge is 2.37. The first-order valence-electron chi connectivity index (χ1n) is 11.6. The number of hydrogen-bond acceptors (Lipinski definition) is 3. The zero-order valence-corrected chi connectivity index (χ0v) is 20.0. The van der Waals surface area contributed by atoms with Gasteiger partial charge in [0.2, 0.25) is 15.6 Å². The summed E-state index contributed by atoms with van der Waals surface area (Å²) in [6, 6.07) is 14.7. The number of H-pyrrole nitrogens is 2. The molecular weight excluding hydrogens is 503 g/mol. The molecule has 2 heterocycles. The van der Waals surface area contributed by atoms with Crippen molar-refractivity contribution in [3.63, 3.8) is 0 Å². The van der Waals surface area contributed by atoms with E-state index in [2.05, 4.69) is 14.7 Å². The molecule has 6 rings (SSSR count). The van der Waals surface area contributed by atoms with Gasteiger partial charge in [-0.2, -0.15) is 0 Å². The number of aromatic amines is 2. The van der Waals surface area contributed by atoms with Gasteiger partial charge in [-0.25, -0.2) is 26.3 Å². The van der Waals surface area contributed by atoms with E-state index in [1.165, 1.54) is 36.4 Å². The third kappa shape index (κ3) is 4.21. The molecule has 0 saturated heterocycles. The smallest absolute Gasteiger partial charge is 0.248 e. The highest BCUT2D eigenvalue weighted by atomic mass is 32.2. The predicted octanol–water partition coefficient (Wildman–Crippen LogP) is 5.32. The fraction of sp³-hybridized carbons (Fsp3) is 0.148. The molecule has 0 aliphatic heterocycles. The van der Waals surface area contributed by atoms with Gasteiger partial charge in [0.1, 0.15) is 17.5 Å². The summed E-state index contributed by atoms with van der Waals surface area (Å²) in [5.74, 6) is -2.05. The second kappa shape index (κ2) is 8.60. The normalized spacial score (nSPS) is 17.8. The lowest BCUT2D eigenvalue weighted by Crippen LogP contribution is -2.43. The van der Waals surface area contributed by atoms with E-state index in [-0.39, 0.29) is 27.9 Å². The van der Waals surface area contributed by atoms with Gasteiger partial charge < -0.3 is 9.97 Å². The highest BCUT2D eigenvalue weighted by Crippen LogP contribution is 2.46. The molecule has 0 radical (unpaired) electrons. The topological polar surface area (TPSA) is 94.8 Å². The van der Waals surface area contributed by atoms with Gasteiger partial charge >= 0.3 is 0 Å². The number of nitrogens with one attached hydrogen (secondary N) is 3. The predicted molar refractivity (Wildman–Crippen MR) is 134 cm³/mol. The van der Waals surface area contributed by atoms with Crippen molar-refractivity contribution in [2.45, 2.75) is 29.7 Å². The van der Waals surface area contributed by atoms with E-state index in [9.17, 15) is 26.4 Å². The van der Waals surface area contributed by atoms with Gasteiger partial charge in [-0.15, -0.1) is 0 Å². The van der Waals surface area contributed by atoms with Gasteiger partial charge in [0.15, 0.2) is 0 Å². The van der Waals surface area contributed by atoms with Gasteiger partial charge in [-0.1, -0.05) is 0 Å². The van der Waals surface area contributed by atoms with Crippen molar-refractivity contribution in [2.24, 2.45) is 0 Å². The van der Waals surface area contributed by atoms with Gasteiger partial charge in [-0.05, 0) is 89.9 Å². The van der Waals surface area contributed by atoms with Gasteiger partial charge in [0.05, 0.1) is 16.1 Å². The van der Waals surface area contributed by atoms with Crippen LogP contribution < -0.4 is 10.3 Å². The number of fused-ring (bicyclic) bond motifs is 2. The molecule has 0 spiro atoms. The Morgan fingerprint density at radius 3 is 2.35 bits per heavy atom. The molecule has 0 unspecified atom stereocenters. The van der Waals surface area contributed by atoms with Crippen molar-refractivity contribution in [1.82, 2.24) is 14.7 Å². The minimum atomic E-state index is -3.85. The van der Waals surface area contributed by atoms with Crippen LogP contribution in [-0.4, -0.2) is 24.4 Å². The van der Waals surface area contributed by atoms with Crippen molar-refractivity contribution in [2.75, 3.05) is 0 Å². The number of pyridine rings is 1. The number of sulfonamides is 1. The van der Waals surface area contributed by atoms with Crippen LogP contribution in [-0.2, 0) is 10.0 Å².